The summed E-state index contributed by atoms with van der Waals surface area (Å²) in [5.41, 5.74) is 2.82. The van der Waals surface area contributed by atoms with E-state index in [0.717, 1.165) is 28.0 Å². The maximum absolute atomic E-state index is 13.2. The van der Waals surface area contributed by atoms with E-state index in [1.54, 1.807) is 19.2 Å². The van der Waals surface area contributed by atoms with Gasteiger partial charge in [0.25, 0.3) is 15.9 Å². The lowest BCUT2D eigenvalue weighted by Gasteiger charge is -2.15. The van der Waals surface area contributed by atoms with Crippen molar-refractivity contribution in [3.05, 3.63) is 55.9 Å². The molecule has 1 unspecified atom stereocenters. The van der Waals surface area contributed by atoms with Crippen LogP contribution in [0.1, 0.15) is 44.9 Å². The Morgan fingerprint density at radius 2 is 2.10 bits per heavy atom. The number of sulfonamides is 1. The molecule has 0 saturated carbocycles. The Hall–Kier alpha value is -2.40. The molecule has 3 aromatic rings. The van der Waals surface area contributed by atoms with Crippen molar-refractivity contribution in [2.24, 2.45) is 0 Å². The number of hydrogen-bond donors (Lipinski definition) is 1. The molecule has 1 N–H and O–H groups in total. The van der Waals surface area contributed by atoms with Crippen LogP contribution in [0.5, 0.6) is 5.75 Å². The van der Waals surface area contributed by atoms with E-state index in [9.17, 15) is 13.2 Å². The highest BCUT2D eigenvalue weighted by atomic mass is 35.5. The predicted molar refractivity (Wildman–Crippen MR) is 111 cm³/mol. The predicted octanol–water partition coefficient (Wildman–Crippen LogP) is 4.62. The fraction of sp³-hybridized carbons (Fsp3) is 0.263. The molecule has 1 aliphatic rings. The van der Waals surface area contributed by atoms with Crippen LogP contribution >= 0.6 is 22.9 Å². The lowest BCUT2D eigenvalue weighted by atomic mass is 9.90. The molecule has 0 spiro atoms. The normalized spacial score (nSPS) is 14.3. The molecule has 3 heterocycles. The van der Waals surface area contributed by atoms with Crippen LogP contribution in [-0.2, 0) is 21.5 Å². The summed E-state index contributed by atoms with van der Waals surface area (Å²) in [6.45, 7) is 5.49. The van der Waals surface area contributed by atoms with Crippen molar-refractivity contribution in [3.8, 4) is 5.75 Å². The van der Waals surface area contributed by atoms with Gasteiger partial charge in [-0.2, -0.15) is 4.89 Å². The number of nitrogens with one attached hydrogen (secondary N) is 1. The van der Waals surface area contributed by atoms with E-state index in [1.807, 2.05) is 19.1 Å². The van der Waals surface area contributed by atoms with Crippen molar-refractivity contribution in [2.45, 2.75) is 38.2 Å². The van der Waals surface area contributed by atoms with E-state index in [0.29, 0.717) is 18.1 Å². The Balaban J connectivity index is 1.65. The number of halogens is 1. The Kier molecular flexibility index (Phi) is 5.35. The van der Waals surface area contributed by atoms with Gasteiger partial charge < -0.3 is 9.41 Å². The van der Waals surface area contributed by atoms with Gasteiger partial charge in [-0.1, -0.05) is 23.7 Å². The third kappa shape index (κ3) is 3.60. The topological polar surface area (TPSA) is 108 Å². The van der Waals surface area contributed by atoms with Gasteiger partial charge in [-0.25, -0.2) is 13.1 Å². The molecule has 0 aliphatic carbocycles. The number of hydrogen-bond acceptors (Lipinski definition) is 8. The van der Waals surface area contributed by atoms with Crippen molar-refractivity contribution in [2.75, 3.05) is 4.72 Å². The molecule has 0 saturated heterocycles. The summed E-state index contributed by atoms with van der Waals surface area (Å²) in [7, 11) is -4.11. The average Bonchev–Trinajstić information content (AvgIpc) is 3.43. The number of ketones is 1. The smallest absolute Gasteiger partial charge is 0.265 e. The first-order valence-electron chi connectivity index (χ1n) is 8.88. The second-order valence-corrected chi connectivity index (χ2v) is 9.82. The Morgan fingerprint density at radius 3 is 2.80 bits per heavy atom. The van der Waals surface area contributed by atoms with Gasteiger partial charge in [0.2, 0.25) is 0 Å². The van der Waals surface area contributed by atoms with Gasteiger partial charge in [-0.3, -0.25) is 4.79 Å². The van der Waals surface area contributed by atoms with E-state index < -0.39 is 15.9 Å². The minimum atomic E-state index is -4.11. The van der Waals surface area contributed by atoms with E-state index in [-0.39, 0.29) is 26.5 Å². The van der Waals surface area contributed by atoms with Crippen LogP contribution in [0.2, 0.25) is 5.02 Å². The highest BCUT2D eigenvalue weighted by Gasteiger charge is 2.30. The number of carbonyl (C=O) groups is 1. The Morgan fingerprint density at radius 1 is 1.33 bits per heavy atom. The number of Topliss-reactive ketones (excluding diaryl/α,β-unsaturated/α-hetero) is 1. The summed E-state index contributed by atoms with van der Waals surface area (Å²) in [6.07, 6.45) is 0. The van der Waals surface area contributed by atoms with Crippen LogP contribution < -0.4 is 9.61 Å². The number of fused-ring (bicyclic) bond motifs is 1. The van der Waals surface area contributed by atoms with Gasteiger partial charge in [-0.15, -0.1) is 11.3 Å². The van der Waals surface area contributed by atoms with Crippen molar-refractivity contribution in [1.29, 1.82) is 0 Å². The molecule has 0 amide bonds. The average molecular weight is 469 g/mol. The number of thiophene rings is 1. The largest absolute Gasteiger partial charge is 0.337 e. The second-order valence-electron chi connectivity index (χ2n) is 6.88. The number of aromatic nitrogens is 1. The summed E-state index contributed by atoms with van der Waals surface area (Å²) in [5, 5.41) is 5.24. The number of anilines is 1. The molecule has 1 aliphatic heterocycles. The molecule has 2 aromatic heterocycles. The van der Waals surface area contributed by atoms with Gasteiger partial charge in [0.05, 0.1) is 4.88 Å². The highest BCUT2D eigenvalue weighted by Crippen LogP contribution is 2.36. The van der Waals surface area contributed by atoms with Gasteiger partial charge in [0.15, 0.2) is 11.5 Å². The van der Waals surface area contributed by atoms with Crippen molar-refractivity contribution in [3.63, 3.8) is 0 Å². The molecule has 8 nitrogen and oxygen atoms in total. The van der Waals surface area contributed by atoms with Gasteiger partial charge in [0.1, 0.15) is 22.2 Å². The molecular formula is C19H17ClN2O6S2. The zero-order valence-electron chi connectivity index (χ0n) is 16.2. The number of rotatable bonds is 6. The lowest BCUT2D eigenvalue weighted by Crippen LogP contribution is -2.17. The third-order valence-corrected chi connectivity index (χ3v) is 7.71. The Bertz CT molecular complexity index is 1250. The van der Waals surface area contributed by atoms with E-state index in [1.165, 1.54) is 6.07 Å². The molecule has 0 radical (unpaired) electrons. The zero-order valence-corrected chi connectivity index (χ0v) is 18.6. The SMILES string of the molecule is Cc1cc2c(cc1C(C)C(=O)c1sccc1S(=O)(=O)Nc1onc(C)c1Cl)COO2. The van der Waals surface area contributed by atoms with Gasteiger partial charge >= 0.3 is 0 Å². The van der Waals surface area contributed by atoms with E-state index >= 15 is 0 Å². The lowest BCUT2D eigenvalue weighted by molar-refractivity contribution is -0.194. The Labute approximate surface area is 181 Å². The van der Waals surface area contributed by atoms with Crippen molar-refractivity contribution >= 4 is 44.6 Å². The first kappa shape index (κ1) is 20.9. The maximum Gasteiger partial charge on any atom is 0.265 e. The molecule has 0 bridgehead atoms. The fourth-order valence-corrected chi connectivity index (χ4v) is 5.82. The molecule has 158 valence electrons. The molecule has 4 rings (SSSR count). The first-order chi connectivity index (χ1) is 14.2. The van der Waals surface area contributed by atoms with E-state index in [2.05, 4.69) is 9.88 Å². The first-order valence-corrected chi connectivity index (χ1v) is 11.6. The van der Waals surface area contributed by atoms with Crippen LogP contribution in [0.15, 0.2) is 33.0 Å². The summed E-state index contributed by atoms with van der Waals surface area (Å²) >= 11 is 7.07. The van der Waals surface area contributed by atoms with Crippen LogP contribution in [0.4, 0.5) is 5.88 Å². The molecule has 30 heavy (non-hydrogen) atoms. The second kappa shape index (κ2) is 7.69. The highest BCUT2D eigenvalue weighted by molar-refractivity contribution is 7.93. The van der Waals surface area contributed by atoms with Gasteiger partial charge in [0, 0.05) is 11.5 Å². The van der Waals surface area contributed by atoms with E-state index in [4.69, 9.17) is 25.9 Å². The van der Waals surface area contributed by atoms with Crippen molar-refractivity contribution < 1.29 is 27.5 Å². The molecular weight excluding hydrogens is 452 g/mol. The minimum absolute atomic E-state index is 0.0632. The molecule has 1 atom stereocenters. The summed E-state index contributed by atoms with van der Waals surface area (Å²) in [6, 6.07) is 5.04. The van der Waals surface area contributed by atoms with Crippen molar-refractivity contribution in [1.82, 2.24) is 5.16 Å². The zero-order chi connectivity index (χ0) is 21.6. The monoisotopic (exact) mass is 468 g/mol. The van der Waals surface area contributed by atoms with Crippen LogP contribution in [-0.4, -0.2) is 19.4 Å². The summed E-state index contributed by atoms with van der Waals surface area (Å²) < 4.78 is 33.0. The maximum atomic E-state index is 13.2. The molecule has 1 aromatic carbocycles. The quantitative estimate of drug-likeness (QED) is 0.415. The van der Waals surface area contributed by atoms with Crippen LogP contribution in [0, 0.1) is 13.8 Å². The third-order valence-electron chi connectivity index (χ3n) is 4.83. The summed E-state index contributed by atoms with van der Waals surface area (Å²) in [5.74, 6) is -0.451. The fourth-order valence-electron chi connectivity index (χ4n) is 3.18. The summed E-state index contributed by atoms with van der Waals surface area (Å²) in [4.78, 5) is 23.3. The number of aryl methyl sites for hydroxylation is 2. The molecule has 0 fully saturated rings. The van der Waals surface area contributed by atoms with Gasteiger partial charge in [-0.05, 0) is 48.6 Å². The number of nitrogens with zero attached hydrogens (tertiary/aromatic N) is 1. The van der Waals surface area contributed by atoms with Crippen LogP contribution in [0.25, 0.3) is 0 Å². The minimum Gasteiger partial charge on any atom is -0.337 e. The molecule has 11 heteroatoms. The number of benzene rings is 1. The van der Waals surface area contributed by atoms with Crippen LogP contribution in [0.3, 0.4) is 0 Å². The standard InChI is InChI=1S/C19H17ClN2O6S2/c1-9-6-14-12(8-26-28-14)7-13(9)10(2)17(23)18-15(4-5-29-18)30(24,25)22-19-16(20)11(3)21-27-19/h4-7,10,22H,8H2,1-3H3. The number of carbonyl (C=O) groups excluding carboxylic acids is 1.